The molecule has 3 rings (SSSR count). The summed E-state index contributed by atoms with van der Waals surface area (Å²) in [6.45, 7) is 4.89. The number of nitrogens with one attached hydrogen (secondary N) is 1. The first-order valence-corrected chi connectivity index (χ1v) is 7.16. The van der Waals surface area contributed by atoms with E-state index in [2.05, 4.69) is 10.3 Å². The van der Waals surface area contributed by atoms with Crippen molar-refractivity contribution in [3.63, 3.8) is 0 Å². The summed E-state index contributed by atoms with van der Waals surface area (Å²) in [6, 6.07) is 7.84. The Hall–Kier alpha value is -1.85. The van der Waals surface area contributed by atoms with Crippen molar-refractivity contribution in [3.05, 3.63) is 47.2 Å². The van der Waals surface area contributed by atoms with Crippen LogP contribution in [0.15, 0.2) is 28.7 Å². The highest BCUT2D eigenvalue weighted by Gasteiger charge is 2.37. The van der Waals surface area contributed by atoms with Gasteiger partial charge in [-0.15, -0.1) is 0 Å². The second-order valence-electron chi connectivity index (χ2n) is 5.42. The summed E-state index contributed by atoms with van der Waals surface area (Å²) in [7, 11) is 0. The van der Waals surface area contributed by atoms with Crippen molar-refractivity contribution in [2.45, 2.75) is 32.4 Å². The molecule has 1 atom stereocenters. The first kappa shape index (κ1) is 14.1. The van der Waals surface area contributed by atoms with E-state index in [-0.39, 0.29) is 6.61 Å². The Morgan fingerprint density at radius 3 is 2.86 bits per heavy atom. The molecule has 2 heterocycles. The molecule has 1 unspecified atom stereocenters. The summed E-state index contributed by atoms with van der Waals surface area (Å²) in [4.78, 5) is 4.37. The van der Waals surface area contributed by atoms with Crippen molar-refractivity contribution in [1.29, 1.82) is 0 Å². The van der Waals surface area contributed by atoms with E-state index in [1.807, 2.05) is 38.1 Å². The fourth-order valence-corrected chi connectivity index (χ4v) is 2.85. The lowest BCUT2D eigenvalue weighted by Gasteiger charge is -2.38. The summed E-state index contributed by atoms with van der Waals surface area (Å²) in [5, 5.41) is 13.4. The molecule has 0 amide bonds. The number of aromatic nitrogens is 1. The quantitative estimate of drug-likeness (QED) is 0.901. The second kappa shape index (κ2) is 5.50. The van der Waals surface area contributed by atoms with Crippen LogP contribution in [0.3, 0.4) is 0 Å². The maximum Gasteiger partial charge on any atom is 0.191 e. The van der Waals surface area contributed by atoms with Crippen LogP contribution >= 0.6 is 0 Å². The number of ether oxygens (including phenoxy) is 1. The van der Waals surface area contributed by atoms with E-state index in [0.717, 1.165) is 29.2 Å². The van der Waals surface area contributed by atoms with E-state index in [1.54, 1.807) is 0 Å². The molecule has 21 heavy (non-hydrogen) atoms. The third kappa shape index (κ3) is 2.54. The number of hydrogen-bond acceptors (Lipinski definition) is 5. The van der Waals surface area contributed by atoms with Crippen molar-refractivity contribution >= 4 is 0 Å². The van der Waals surface area contributed by atoms with Gasteiger partial charge in [-0.2, -0.15) is 0 Å². The predicted octanol–water partition coefficient (Wildman–Crippen LogP) is 2.05. The zero-order valence-corrected chi connectivity index (χ0v) is 12.3. The van der Waals surface area contributed by atoms with Gasteiger partial charge in [0.1, 0.15) is 11.5 Å². The molecule has 0 saturated carbocycles. The smallest absolute Gasteiger partial charge is 0.191 e. The van der Waals surface area contributed by atoms with Crippen LogP contribution in [0.5, 0.6) is 5.75 Å². The van der Waals surface area contributed by atoms with Gasteiger partial charge in [-0.05, 0) is 13.0 Å². The highest BCUT2D eigenvalue weighted by Crippen LogP contribution is 2.36. The minimum absolute atomic E-state index is 0.0171. The molecular weight excluding hydrogens is 268 g/mol. The first-order valence-electron chi connectivity index (χ1n) is 7.16. The predicted molar refractivity (Wildman–Crippen MR) is 78.1 cm³/mol. The Balaban J connectivity index is 1.87. The Labute approximate surface area is 124 Å². The summed E-state index contributed by atoms with van der Waals surface area (Å²) in [6.07, 6.45) is 0.719. The van der Waals surface area contributed by atoms with E-state index in [4.69, 9.17) is 9.15 Å². The van der Waals surface area contributed by atoms with Crippen LogP contribution in [0, 0.1) is 13.8 Å². The number of aryl methyl sites for hydroxylation is 2. The van der Waals surface area contributed by atoms with Gasteiger partial charge in [-0.25, -0.2) is 4.98 Å². The lowest BCUT2D eigenvalue weighted by atomic mass is 9.85. The van der Waals surface area contributed by atoms with Gasteiger partial charge in [0.2, 0.25) is 0 Å². The molecule has 5 nitrogen and oxygen atoms in total. The summed E-state index contributed by atoms with van der Waals surface area (Å²) < 4.78 is 11.1. The van der Waals surface area contributed by atoms with Gasteiger partial charge in [0.25, 0.3) is 0 Å². The van der Waals surface area contributed by atoms with Crippen LogP contribution in [-0.4, -0.2) is 23.3 Å². The molecule has 1 aromatic heterocycles. The highest BCUT2D eigenvalue weighted by atomic mass is 16.5. The number of fused-ring (bicyclic) bond motifs is 1. The van der Waals surface area contributed by atoms with Gasteiger partial charge < -0.3 is 14.3 Å². The van der Waals surface area contributed by atoms with Gasteiger partial charge in [-0.1, -0.05) is 18.2 Å². The fraction of sp³-hybridized carbons (Fsp3) is 0.438. The zero-order valence-electron chi connectivity index (χ0n) is 12.3. The van der Waals surface area contributed by atoms with E-state index in [1.165, 1.54) is 0 Å². The minimum Gasteiger partial charge on any atom is -0.493 e. The maximum absolute atomic E-state index is 9.98. The fourth-order valence-electron chi connectivity index (χ4n) is 2.85. The topological polar surface area (TPSA) is 67.5 Å². The van der Waals surface area contributed by atoms with Crippen molar-refractivity contribution < 1.29 is 14.3 Å². The molecule has 112 valence electrons. The average molecular weight is 288 g/mol. The van der Waals surface area contributed by atoms with E-state index in [0.29, 0.717) is 19.0 Å². The van der Waals surface area contributed by atoms with Gasteiger partial charge in [0, 0.05) is 25.5 Å². The number of nitrogens with zero attached hydrogens (tertiary/aromatic N) is 1. The van der Waals surface area contributed by atoms with Crippen LogP contribution in [0.2, 0.25) is 0 Å². The third-order valence-corrected chi connectivity index (χ3v) is 4.05. The number of aliphatic hydroxyl groups is 1. The molecule has 1 aromatic carbocycles. The van der Waals surface area contributed by atoms with Crippen LogP contribution < -0.4 is 10.1 Å². The number of benzene rings is 1. The monoisotopic (exact) mass is 288 g/mol. The first-order chi connectivity index (χ1) is 10.1. The third-order valence-electron chi connectivity index (χ3n) is 4.05. The molecule has 1 aliphatic heterocycles. The highest BCUT2D eigenvalue weighted by molar-refractivity contribution is 5.41. The SMILES string of the molecule is Cc1nc(CNC2(CO)CCOc3ccccc32)c(C)o1. The molecule has 0 fully saturated rings. The summed E-state index contributed by atoms with van der Waals surface area (Å²) >= 11 is 0. The molecule has 0 spiro atoms. The number of rotatable bonds is 4. The molecule has 2 N–H and O–H groups in total. The molecular formula is C16H20N2O3. The minimum atomic E-state index is -0.492. The van der Waals surface area contributed by atoms with Gasteiger partial charge in [-0.3, -0.25) is 5.32 Å². The molecule has 0 bridgehead atoms. The van der Waals surface area contributed by atoms with Gasteiger partial charge in [0.15, 0.2) is 5.89 Å². The Bertz CT molecular complexity index is 638. The van der Waals surface area contributed by atoms with E-state index >= 15 is 0 Å². The molecule has 0 saturated heterocycles. The van der Waals surface area contributed by atoms with E-state index < -0.39 is 5.54 Å². The molecule has 0 aliphatic carbocycles. The maximum atomic E-state index is 9.98. The van der Waals surface area contributed by atoms with Crippen LogP contribution in [-0.2, 0) is 12.1 Å². The molecule has 2 aromatic rings. The van der Waals surface area contributed by atoms with Crippen molar-refractivity contribution in [2.75, 3.05) is 13.2 Å². The van der Waals surface area contributed by atoms with Crippen LogP contribution in [0.1, 0.15) is 29.3 Å². The van der Waals surface area contributed by atoms with Crippen molar-refractivity contribution in [1.82, 2.24) is 10.3 Å². The number of aliphatic hydroxyl groups excluding tert-OH is 1. The van der Waals surface area contributed by atoms with Crippen molar-refractivity contribution in [3.8, 4) is 5.75 Å². The summed E-state index contributed by atoms with van der Waals surface area (Å²) in [5.74, 6) is 2.31. The number of hydrogen-bond donors (Lipinski definition) is 2. The molecule has 5 heteroatoms. The lowest BCUT2D eigenvalue weighted by Crippen LogP contribution is -2.48. The normalized spacial score (nSPS) is 20.9. The number of para-hydroxylation sites is 1. The lowest BCUT2D eigenvalue weighted by molar-refractivity contribution is 0.105. The zero-order chi connectivity index (χ0) is 14.9. The van der Waals surface area contributed by atoms with Gasteiger partial charge in [0.05, 0.1) is 24.4 Å². The standard InChI is InChI=1S/C16H20N2O3/c1-11-14(18-12(2)21-11)9-17-16(10-19)7-8-20-15-6-4-3-5-13(15)16/h3-6,17,19H,7-10H2,1-2H3. The Morgan fingerprint density at radius 1 is 1.33 bits per heavy atom. The molecule has 1 aliphatic rings. The average Bonchev–Trinajstić information content (AvgIpc) is 2.83. The second-order valence-corrected chi connectivity index (χ2v) is 5.42. The van der Waals surface area contributed by atoms with Crippen LogP contribution in [0.25, 0.3) is 0 Å². The molecule has 0 radical (unpaired) electrons. The number of oxazole rings is 1. The van der Waals surface area contributed by atoms with E-state index in [9.17, 15) is 5.11 Å². The van der Waals surface area contributed by atoms with Crippen molar-refractivity contribution in [2.24, 2.45) is 0 Å². The van der Waals surface area contributed by atoms with Gasteiger partial charge >= 0.3 is 0 Å². The van der Waals surface area contributed by atoms with Crippen LogP contribution in [0.4, 0.5) is 0 Å². The Kier molecular flexibility index (Phi) is 3.69. The summed E-state index contributed by atoms with van der Waals surface area (Å²) in [5.41, 5.74) is 1.38. The Morgan fingerprint density at radius 2 is 2.14 bits per heavy atom. The largest absolute Gasteiger partial charge is 0.493 e.